The molecule has 0 spiro atoms. The summed E-state index contributed by atoms with van der Waals surface area (Å²) >= 11 is 3.44. The van der Waals surface area contributed by atoms with Gasteiger partial charge in [-0.3, -0.25) is 9.78 Å². The minimum absolute atomic E-state index is 0.176. The van der Waals surface area contributed by atoms with Gasteiger partial charge < -0.3 is 10.4 Å². The maximum Gasteiger partial charge on any atom is 0.306 e. The quantitative estimate of drug-likeness (QED) is 0.878. The van der Waals surface area contributed by atoms with Crippen molar-refractivity contribution in [2.45, 2.75) is 31.7 Å². The van der Waals surface area contributed by atoms with Gasteiger partial charge in [0.05, 0.1) is 17.1 Å². The number of para-hydroxylation sites is 1. The molecule has 1 aromatic carbocycles. The van der Waals surface area contributed by atoms with Crippen LogP contribution in [0.15, 0.2) is 34.9 Å². The summed E-state index contributed by atoms with van der Waals surface area (Å²) in [5.74, 6) is -0.838. The number of carbonyl (C=O) groups is 1. The molecule has 2 N–H and O–H groups in total. The highest BCUT2D eigenvalue weighted by Gasteiger charge is 2.26. The molecule has 1 saturated carbocycles. The van der Waals surface area contributed by atoms with E-state index in [1.165, 1.54) is 0 Å². The molecule has 3 rings (SSSR count). The molecule has 1 aromatic heterocycles. The van der Waals surface area contributed by atoms with E-state index in [-0.39, 0.29) is 5.92 Å². The third-order valence-electron chi connectivity index (χ3n) is 4.11. The lowest BCUT2D eigenvalue weighted by molar-refractivity contribution is -0.142. The van der Waals surface area contributed by atoms with Crippen LogP contribution < -0.4 is 5.32 Å². The second-order valence-corrected chi connectivity index (χ2v) is 6.48. The van der Waals surface area contributed by atoms with Crippen LogP contribution in [-0.2, 0) is 4.79 Å². The van der Waals surface area contributed by atoms with Crippen LogP contribution in [0.1, 0.15) is 25.7 Å². The molecule has 1 aliphatic carbocycles. The van der Waals surface area contributed by atoms with Gasteiger partial charge in [0.15, 0.2) is 0 Å². The molecule has 5 heteroatoms. The first kappa shape index (κ1) is 14.3. The fraction of sp³-hybridized carbons (Fsp3) is 0.375. The SMILES string of the molecule is O=C(O)C1CCC(Nc2cccc3cc(Br)cnc23)CC1. The topological polar surface area (TPSA) is 62.2 Å². The Labute approximate surface area is 131 Å². The molecule has 1 aliphatic rings. The Bertz CT molecular complexity index is 666. The second-order valence-electron chi connectivity index (χ2n) is 5.56. The number of rotatable bonds is 3. The monoisotopic (exact) mass is 348 g/mol. The third kappa shape index (κ3) is 3.18. The Balaban J connectivity index is 1.75. The number of carboxylic acid groups (broad SMARTS) is 1. The Morgan fingerprint density at radius 2 is 2.05 bits per heavy atom. The first-order chi connectivity index (χ1) is 10.1. The summed E-state index contributed by atoms with van der Waals surface area (Å²) in [6.07, 6.45) is 5.08. The molecule has 0 radical (unpaired) electrons. The molecule has 0 saturated heterocycles. The van der Waals surface area contributed by atoms with Crippen LogP contribution in [0.2, 0.25) is 0 Å². The van der Waals surface area contributed by atoms with Gasteiger partial charge in [0, 0.05) is 22.1 Å². The molecule has 2 aromatic rings. The number of halogens is 1. The number of aliphatic carboxylic acids is 1. The van der Waals surface area contributed by atoms with Gasteiger partial charge in [-0.25, -0.2) is 0 Å². The molecule has 21 heavy (non-hydrogen) atoms. The first-order valence-corrected chi connectivity index (χ1v) is 7.96. The highest BCUT2D eigenvalue weighted by Crippen LogP contribution is 2.29. The predicted octanol–water partition coefficient (Wildman–Crippen LogP) is 4.05. The standard InChI is InChI=1S/C16H17BrN2O2/c17-12-8-11-2-1-3-14(15(11)18-9-12)19-13-6-4-10(5-7-13)16(20)21/h1-3,8-10,13,19H,4-7H2,(H,20,21). The largest absolute Gasteiger partial charge is 0.481 e. The van der Waals surface area contributed by atoms with Gasteiger partial charge in [0.25, 0.3) is 0 Å². The summed E-state index contributed by atoms with van der Waals surface area (Å²) in [6.45, 7) is 0. The number of hydrogen-bond acceptors (Lipinski definition) is 3. The van der Waals surface area contributed by atoms with Crippen molar-refractivity contribution in [2.24, 2.45) is 5.92 Å². The second kappa shape index (κ2) is 6.02. The highest BCUT2D eigenvalue weighted by molar-refractivity contribution is 9.10. The van der Waals surface area contributed by atoms with Crippen LogP contribution in [0, 0.1) is 5.92 Å². The lowest BCUT2D eigenvalue weighted by Gasteiger charge is -2.27. The number of hydrogen-bond donors (Lipinski definition) is 2. The Morgan fingerprint density at radius 1 is 1.29 bits per heavy atom. The number of fused-ring (bicyclic) bond motifs is 1. The van der Waals surface area contributed by atoms with E-state index in [1.807, 2.05) is 18.2 Å². The van der Waals surface area contributed by atoms with E-state index in [2.05, 4.69) is 32.3 Å². The Kier molecular flexibility index (Phi) is 4.10. The molecule has 0 unspecified atom stereocenters. The van der Waals surface area contributed by atoms with E-state index in [1.54, 1.807) is 6.20 Å². The van der Waals surface area contributed by atoms with Gasteiger partial charge in [0.1, 0.15) is 0 Å². The van der Waals surface area contributed by atoms with Gasteiger partial charge >= 0.3 is 5.97 Å². The molecule has 0 aliphatic heterocycles. The number of carboxylic acids is 1. The highest BCUT2D eigenvalue weighted by atomic mass is 79.9. The zero-order valence-corrected chi connectivity index (χ0v) is 13.1. The van der Waals surface area contributed by atoms with Crippen molar-refractivity contribution in [2.75, 3.05) is 5.32 Å². The fourth-order valence-electron chi connectivity index (χ4n) is 2.96. The number of nitrogens with one attached hydrogen (secondary N) is 1. The summed E-state index contributed by atoms with van der Waals surface area (Å²) in [5.41, 5.74) is 1.99. The normalized spacial score (nSPS) is 22.1. The van der Waals surface area contributed by atoms with Crippen molar-refractivity contribution in [3.05, 3.63) is 34.9 Å². The van der Waals surface area contributed by atoms with Crippen molar-refractivity contribution in [3.8, 4) is 0 Å². The van der Waals surface area contributed by atoms with Gasteiger partial charge in [-0.1, -0.05) is 12.1 Å². The first-order valence-electron chi connectivity index (χ1n) is 7.17. The third-order valence-corrected chi connectivity index (χ3v) is 4.55. The molecule has 1 fully saturated rings. The molecule has 1 heterocycles. The van der Waals surface area contributed by atoms with E-state index in [0.29, 0.717) is 6.04 Å². The van der Waals surface area contributed by atoms with Crippen molar-refractivity contribution < 1.29 is 9.90 Å². The number of nitrogens with zero attached hydrogens (tertiary/aromatic N) is 1. The molecular weight excluding hydrogens is 332 g/mol. The van der Waals surface area contributed by atoms with Crippen LogP contribution in [0.3, 0.4) is 0 Å². The molecule has 0 atom stereocenters. The number of pyridine rings is 1. The predicted molar refractivity (Wildman–Crippen MR) is 86.4 cm³/mol. The molecule has 0 bridgehead atoms. The van der Waals surface area contributed by atoms with E-state index in [4.69, 9.17) is 5.11 Å². The lowest BCUT2D eigenvalue weighted by Crippen LogP contribution is -2.29. The van der Waals surface area contributed by atoms with Crippen LogP contribution in [0.4, 0.5) is 5.69 Å². The Hall–Kier alpha value is -1.62. The lowest BCUT2D eigenvalue weighted by atomic mass is 9.86. The summed E-state index contributed by atoms with van der Waals surface area (Å²) in [6, 6.07) is 8.47. The minimum atomic E-state index is -0.662. The van der Waals surface area contributed by atoms with E-state index < -0.39 is 5.97 Å². The average Bonchev–Trinajstić information content (AvgIpc) is 2.47. The average molecular weight is 349 g/mol. The van der Waals surface area contributed by atoms with Crippen molar-refractivity contribution in [1.82, 2.24) is 4.98 Å². The van der Waals surface area contributed by atoms with Crippen LogP contribution in [0.5, 0.6) is 0 Å². The van der Waals surface area contributed by atoms with Gasteiger partial charge in [-0.15, -0.1) is 0 Å². The smallest absolute Gasteiger partial charge is 0.306 e. The summed E-state index contributed by atoms with van der Waals surface area (Å²) in [4.78, 5) is 15.5. The van der Waals surface area contributed by atoms with E-state index in [9.17, 15) is 4.79 Å². The van der Waals surface area contributed by atoms with Crippen molar-refractivity contribution in [3.63, 3.8) is 0 Å². The maximum atomic E-state index is 11.0. The molecule has 0 amide bonds. The molecule has 4 nitrogen and oxygen atoms in total. The minimum Gasteiger partial charge on any atom is -0.481 e. The van der Waals surface area contributed by atoms with Gasteiger partial charge in [-0.05, 0) is 53.7 Å². The van der Waals surface area contributed by atoms with Crippen LogP contribution >= 0.6 is 15.9 Å². The summed E-state index contributed by atoms with van der Waals surface area (Å²) < 4.78 is 0.967. The fourth-order valence-corrected chi connectivity index (χ4v) is 3.30. The van der Waals surface area contributed by atoms with Crippen molar-refractivity contribution >= 4 is 38.5 Å². The summed E-state index contributed by atoms with van der Waals surface area (Å²) in [7, 11) is 0. The number of benzene rings is 1. The zero-order chi connectivity index (χ0) is 14.8. The molecular formula is C16H17BrN2O2. The van der Waals surface area contributed by atoms with Crippen LogP contribution in [0.25, 0.3) is 10.9 Å². The molecule has 110 valence electrons. The Morgan fingerprint density at radius 3 is 2.76 bits per heavy atom. The van der Waals surface area contributed by atoms with Crippen LogP contribution in [-0.4, -0.2) is 22.1 Å². The summed E-state index contributed by atoms with van der Waals surface area (Å²) in [5, 5.41) is 13.7. The van der Waals surface area contributed by atoms with E-state index in [0.717, 1.165) is 46.7 Å². The number of anilines is 1. The van der Waals surface area contributed by atoms with E-state index >= 15 is 0 Å². The van der Waals surface area contributed by atoms with Gasteiger partial charge in [-0.2, -0.15) is 0 Å². The maximum absolute atomic E-state index is 11.0. The van der Waals surface area contributed by atoms with Crippen molar-refractivity contribution in [1.29, 1.82) is 0 Å². The van der Waals surface area contributed by atoms with Gasteiger partial charge in [0.2, 0.25) is 0 Å². The number of aromatic nitrogens is 1. The zero-order valence-electron chi connectivity index (χ0n) is 11.6.